The van der Waals surface area contributed by atoms with Crippen molar-refractivity contribution in [2.24, 2.45) is 4.99 Å². The average Bonchev–Trinajstić information content (AvgIpc) is 3.04. The number of carbonyl (C=O) groups excluding carboxylic acids is 1. The quantitative estimate of drug-likeness (QED) is 0.506. The van der Waals surface area contributed by atoms with E-state index in [0.29, 0.717) is 5.56 Å². The standard InChI is InChI=1S/C21H14N2O2S/c24-21-18(14-15-8-3-1-4-9-15)23-19(25-21)17-12-7-13-22-20(17)26-16-10-5-2-6-11-16/h1-14H/b18-14-. The number of carbonyl (C=O) groups is 1. The molecular formula is C21H14N2O2S. The van der Waals surface area contributed by atoms with Crippen LogP contribution in [-0.2, 0) is 9.53 Å². The summed E-state index contributed by atoms with van der Waals surface area (Å²) in [5.74, 6) is -0.174. The first kappa shape index (κ1) is 16.3. The molecule has 2 aromatic carbocycles. The number of rotatable bonds is 4. The molecule has 0 radical (unpaired) electrons. The van der Waals surface area contributed by atoms with Crippen LogP contribution in [0.2, 0.25) is 0 Å². The lowest BCUT2D eigenvalue weighted by Gasteiger charge is -2.06. The first-order valence-electron chi connectivity index (χ1n) is 8.05. The molecular weight excluding hydrogens is 344 g/mol. The van der Waals surface area contributed by atoms with Crippen molar-refractivity contribution >= 4 is 29.7 Å². The van der Waals surface area contributed by atoms with E-state index >= 15 is 0 Å². The highest BCUT2D eigenvalue weighted by Crippen LogP contribution is 2.30. The van der Waals surface area contributed by atoms with Gasteiger partial charge in [0.05, 0.1) is 5.56 Å². The van der Waals surface area contributed by atoms with E-state index in [1.54, 1.807) is 18.3 Å². The summed E-state index contributed by atoms with van der Waals surface area (Å²) < 4.78 is 5.40. The molecule has 0 saturated heterocycles. The van der Waals surface area contributed by atoms with Gasteiger partial charge in [-0.2, -0.15) is 0 Å². The Labute approximate surface area is 155 Å². The highest BCUT2D eigenvalue weighted by atomic mass is 32.2. The summed E-state index contributed by atoms with van der Waals surface area (Å²) in [5.41, 5.74) is 1.88. The number of cyclic esters (lactones) is 1. The normalized spacial score (nSPS) is 15.0. The van der Waals surface area contributed by atoms with Gasteiger partial charge < -0.3 is 4.74 Å². The maximum Gasteiger partial charge on any atom is 0.363 e. The molecule has 3 aromatic rings. The first-order chi connectivity index (χ1) is 12.8. The molecule has 0 N–H and O–H groups in total. The van der Waals surface area contributed by atoms with Gasteiger partial charge in [-0.15, -0.1) is 0 Å². The Morgan fingerprint density at radius 2 is 1.62 bits per heavy atom. The van der Waals surface area contributed by atoms with E-state index in [1.165, 1.54) is 11.8 Å². The third-order valence-electron chi connectivity index (χ3n) is 3.68. The number of hydrogen-bond acceptors (Lipinski definition) is 5. The Kier molecular flexibility index (Phi) is 4.62. The van der Waals surface area contributed by atoms with Crippen LogP contribution >= 0.6 is 11.8 Å². The van der Waals surface area contributed by atoms with Gasteiger partial charge in [0.1, 0.15) is 5.03 Å². The van der Waals surface area contributed by atoms with E-state index in [2.05, 4.69) is 9.98 Å². The van der Waals surface area contributed by atoms with Crippen LogP contribution in [0.25, 0.3) is 6.08 Å². The summed E-state index contributed by atoms with van der Waals surface area (Å²) in [6, 6.07) is 23.1. The van der Waals surface area contributed by atoms with E-state index < -0.39 is 5.97 Å². The fraction of sp³-hybridized carbons (Fsp3) is 0. The Bertz CT molecular complexity index is 999. The fourth-order valence-corrected chi connectivity index (χ4v) is 3.36. The molecule has 0 fully saturated rings. The number of hydrogen-bond donors (Lipinski definition) is 0. The molecule has 26 heavy (non-hydrogen) atoms. The monoisotopic (exact) mass is 358 g/mol. The molecule has 4 rings (SSSR count). The average molecular weight is 358 g/mol. The highest BCUT2D eigenvalue weighted by Gasteiger charge is 2.26. The molecule has 0 unspecified atom stereocenters. The Balaban J connectivity index is 1.67. The summed E-state index contributed by atoms with van der Waals surface area (Å²) in [6.07, 6.45) is 3.43. The molecule has 4 nitrogen and oxygen atoms in total. The van der Waals surface area contributed by atoms with Crippen molar-refractivity contribution in [1.82, 2.24) is 4.98 Å². The number of nitrogens with zero attached hydrogens (tertiary/aromatic N) is 2. The zero-order chi connectivity index (χ0) is 17.8. The molecule has 0 spiro atoms. The van der Waals surface area contributed by atoms with Gasteiger partial charge in [-0.3, -0.25) is 0 Å². The molecule has 2 heterocycles. The zero-order valence-corrected chi connectivity index (χ0v) is 14.5. The number of aliphatic imine (C=N–C) groups is 1. The maximum atomic E-state index is 12.2. The lowest BCUT2D eigenvalue weighted by Crippen LogP contribution is -2.07. The third kappa shape index (κ3) is 3.58. The molecule has 5 heteroatoms. The number of aromatic nitrogens is 1. The number of esters is 1. The highest BCUT2D eigenvalue weighted by molar-refractivity contribution is 7.99. The van der Waals surface area contributed by atoms with Crippen molar-refractivity contribution in [1.29, 1.82) is 0 Å². The molecule has 0 amide bonds. The summed E-state index contributed by atoms with van der Waals surface area (Å²) in [7, 11) is 0. The van der Waals surface area contributed by atoms with Crippen LogP contribution < -0.4 is 0 Å². The minimum absolute atomic E-state index is 0.281. The minimum Gasteiger partial charge on any atom is -0.402 e. The molecule has 1 aliphatic rings. The molecule has 0 bridgehead atoms. The largest absolute Gasteiger partial charge is 0.402 e. The van der Waals surface area contributed by atoms with Gasteiger partial charge in [0, 0.05) is 11.1 Å². The van der Waals surface area contributed by atoms with Gasteiger partial charge in [0.15, 0.2) is 5.70 Å². The van der Waals surface area contributed by atoms with Crippen LogP contribution in [-0.4, -0.2) is 16.9 Å². The fourth-order valence-electron chi connectivity index (χ4n) is 2.47. The van der Waals surface area contributed by atoms with Crippen LogP contribution in [0, 0.1) is 0 Å². The molecule has 126 valence electrons. The van der Waals surface area contributed by atoms with E-state index in [4.69, 9.17) is 4.74 Å². The molecule has 0 atom stereocenters. The van der Waals surface area contributed by atoms with E-state index in [9.17, 15) is 4.79 Å². The van der Waals surface area contributed by atoms with Crippen molar-refractivity contribution < 1.29 is 9.53 Å². The third-order valence-corrected chi connectivity index (χ3v) is 4.71. The molecule has 0 aliphatic carbocycles. The summed E-state index contributed by atoms with van der Waals surface area (Å²) in [5, 5.41) is 0.742. The van der Waals surface area contributed by atoms with Gasteiger partial charge in [-0.1, -0.05) is 60.3 Å². The van der Waals surface area contributed by atoms with Crippen LogP contribution in [0.1, 0.15) is 11.1 Å². The summed E-state index contributed by atoms with van der Waals surface area (Å²) in [4.78, 5) is 22.1. The summed E-state index contributed by atoms with van der Waals surface area (Å²) >= 11 is 1.50. The maximum absolute atomic E-state index is 12.2. The SMILES string of the molecule is O=C1OC(c2cccnc2Sc2ccccc2)=N/C1=C\c1ccccc1. The Morgan fingerprint density at radius 3 is 2.38 bits per heavy atom. The summed E-state index contributed by atoms with van der Waals surface area (Å²) in [6.45, 7) is 0. The lowest BCUT2D eigenvalue weighted by atomic mass is 10.2. The lowest BCUT2D eigenvalue weighted by molar-refractivity contribution is -0.129. The Morgan fingerprint density at radius 1 is 0.885 bits per heavy atom. The second-order valence-electron chi connectivity index (χ2n) is 5.52. The Hall–Kier alpha value is -3.18. The van der Waals surface area contributed by atoms with Gasteiger partial charge in [0.2, 0.25) is 5.90 Å². The van der Waals surface area contributed by atoms with Gasteiger partial charge in [-0.05, 0) is 35.9 Å². The predicted molar refractivity (Wildman–Crippen MR) is 102 cm³/mol. The van der Waals surface area contributed by atoms with E-state index in [-0.39, 0.29) is 11.6 Å². The van der Waals surface area contributed by atoms with Crippen molar-refractivity contribution in [3.8, 4) is 0 Å². The number of ether oxygens (including phenoxy) is 1. The van der Waals surface area contributed by atoms with Gasteiger partial charge in [0.25, 0.3) is 0 Å². The van der Waals surface area contributed by atoms with Crippen LogP contribution in [0.4, 0.5) is 0 Å². The number of benzene rings is 2. The molecule has 1 aromatic heterocycles. The first-order valence-corrected chi connectivity index (χ1v) is 8.87. The van der Waals surface area contributed by atoms with E-state index in [1.807, 2.05) is 66.7 Å². The van der Waals surface area contributed by atoms with Gasteiger partial charge >= 0.3 is 5.97 Å². The van der Waals surface area contributed by atoms with Gasteiger partial charge in [-0.25, -0.2) is 14.8 Å². The van der Waals surface area contributed by atoms with Crippen LogP contribution in [0.3, 0.4) is 0 Å². The topological polar surface area (TPSA) is 51.5 Å². The van der Waals surface area contributed by atoms with Crippen molar-refractivity contribution in [2.75, 3.05) is 0 Å². The molecule has 0 saturated carbocycles. The minimum atomic E-state index is -0.455. The molecule has 1 aliphatic heterocycles. The smallest absolute Gasteiger partial charge is 0.363 e. The van der Waals surface area contributed by atoms with Crippen LogP contribution in [0.15, 0.2) is 99.6 Å². The van der Waals surface area contributed by atoms with Crippen LogP contribution in [0.5, 0.6) is 0 Å². The van der Waals surface area contributed by atoms with Crippen molar-refractivity contribution in [3.05, 3.63) is 95.8 Å². The second kappa shape index (κ2) is 7.37. The van der Waals surface area contributed by atoms with E-state index in [0.717, 1.165) is 15.5 Å². The zero-order valence-electron chi connectivity index (χ0n) is 13.7. The number of pyridine rings is 1. The van der Waals surface area contributed by atoms with Crippen molar-refractivity contribution in [2.45, 2.75) is 9.92 Å². The predicted octanol–water partition coefficient (Wildman–Crippen LogP) is 4.58. The van der Waals surface area contributed by atoms with Crippen molar-refractivity contribution in [3.63, 3.8) is 0 Å². The second-order valence-corrected chi connectivity index (χ2v) is 6.58.